The highest BCUT2D eigenvalue weighted by molar-refractivity contribution is 5.89. The van der Waals surface area contributed by atoms with Gasteiger partial charge in [0.25, 0.3) is 0 Å². The fraction of sp³-hybridized carbons (Fsp3) is 0.857. The summed E-state index contributed by atoms with van der Waals surface area (Å²) in [5.41, 5.74) is 1.57. The molecule has 4 aliphatic carbocycles. The number of ketones is 1. The Morgan fingerprint density at radius 1 is 1.25 bits per heavy atom. The lowest BCUT2D eigenvalue weighted by Gasteiger charge is -2.57. The summed E-state index contributed by atoms with van der Waals surface area (Å²) < 4.78 is 6.00. The van der Waals surface area contributed by atoms with Crippen LogP contribution in [0, 0.1) is 28.6 Å². The van der Waals surface area contributed by atoms with Crippen molar-refractivity contribution in [3.8, 4) is 0 Å². The number of rotatable bonds is 1. The smallest absolute Gasteiger partial charge is 0.164 e. The molecule has 5 aliphatic rings. The van der Waals surface area contributed by atoms with Crippen LogP contribution in [-0.2, 0) is 9.53 Å². The summed E-state index contributed by atoms with van der Waals surface area (Å²) in [7, 11) is 0. The van der Waals surface area contributed by atoms with Crippen LogP contribution >= 0.6 is 0 Å². The SMILES string of the molecule is CC(=O)[C@@]12CC3C4CC=C5CC(O)CCC5(C)C4CCC3(C)[C@@H]1O2. The second-order valence-corrected chi connectivity index (χ2v) is 9.85. The van der Waals surface area contributed by atoms with Crippen molar-refractivity contribution >= 4 is 5.78 Å². The number of hydrogen-bond donors (Lipinski definition) is 1. The second-order valence-electron chi connectivity index (χ2n) is 9.85. The molecule has 24 heavy (non-hydrogen) atoms. The van der Waals surface area contributed by atoms with E-state index in [4.69, 9.17) is 4.74 Å². The molecule has 3 heteroatoms. The monoisotopic (exact) mass is 330 g/mol. The number of fused-ring (bicyclic) bond motifs is 7. The third kappa shape index (κ3) is 1.69. The first-order chi connectivity index (χ1) is 11.3. The molecule has 0 radical (unpaired) electrons. The van der Waals surface area contributed by atoms with E-state index in [9.17, 15) is 9.90 Å². The van der Waals surface area contributed by atoms with Crippen LogP contribution in [0.3, 0.4) is 0 Å². The molecule has 1 saturated heterocycles. The molecule has 1 N–H and O–H groups in total. The van der Waals surface area contributed by atoms with Gasteiger partial charge in [0.15, 0.2) is 11.4 Å². The minimum Gasteiger partial charge on any atom is -0.393 e. The van der Waals surface area contributed by atoms with Gasteiger partial charge in [0.05, 0.1) is 6.10 Å². The van der Waals surface area contributed by atoms with E-state index >= 15 is 0 Å². The van der Waals surface area contributed by atoms with E-state index in [1.807, 2.05) is 0 Å². The van der Waals surface area contributed by atoms with Crippen molar-refractivity contribution < 1.29 is 14.6 Å². The second kappa shape index (κ2) is 4.54. The number of ether oxygens (including phenoxy) is 1. The zero-order valence-electron chi connectivity index (χ0n) is 15.2. The van der Waals surface area contributed by atoms with Gasteiger partial charge in [-0.15, -0.1) is 0 Å². The third-order valence-corrected chi connectivity index (χ3v) is 8.93. The maximum Gasteiger partial charge on any atom is 0.164 e. The molecule has 0 amide bonds. The summed E-state index contributed by atoms with van der Waals surface area (Å²) in [6.45, 7) is 6.57. The molecule has 6 unspecified atom stereocenters. The number of allylic oxidation sites excluding steroid dienone is 1. The number of carbonyl (C=O) groups excluding carboxylic acids is 1. The summed E-state index contributed by atoms with van der Waals surface area (Å²) >= 11 is 0. The Labute approximate surface area is 144 Å². The van der Waals surface area contributed by atoms with E-state index < -0.39 is 5.60 Å². The molecular weight excluding hydrogens is 300 g/mol. The van der Waals surface area contributed by atoms with Crippen molar-refractivity contribution in [3.63, 3.8) is 0 Å². The van der Waals surface area contributed by atoms with Gasteiger partial charge in [-0.3, -0.25) is 4.79 Å². The number of Topliss-reactive ketones (excluding diaryl/α,β-unsaturated/α-hetero) is 1. The highest BCUT2D eigenvalue weighted by Gasteiger charge is 2.77. The maximum atomic E-state index is 12.2. The van der Waals surface area contributed by atoms with Crippen LogP contribution in [-0.4, -0.2) is 28.7 Å². The molecule has 1 heterocycles. The van der Waals surface area contributed by atoms with Crippen LogP contribution in [0.5, 0.6) is 0 Å². The Bertz CT molecular complexity index is 639. The predicted octanol–water partition coefficient (Wildman–Crippen LogP) is 3.65. The van der Waals surface area contributed by atoms with Gasteiger partial charge in [-0.05, 0) is 75.0 Å². The molecular formula is C21H30O3. The van der Waals surface area contributed by atoms with Crippen molar-refractivity contribution in [2.24, 2.45) is 28.6 Å². The van der Waals surface area contributed by atoms with Gasteiger partial charge in [0.2, 0.25) is 0 Å². The number of carbonyl (C=O) groups is 1. The fourth-order valence-corrected chi connectivity index (χ4v) is 7.44. The average molecular weight is 330 g/mol. The largest absolute Gasteiger partial charge is 0.393 e. The highest BCUT2D eigenvalue weighted by Crippen LogP contribution is 2.72. The van der Waals surface area contributed by atoms with Gasteiger partial charge in [-0.1, -0.05) is 25.5 Å². The Morgan fingerprint density at radius 2 is 2.04 bits per heavy atom. The normalized spacial score (nSPS) is 58.0. The zero-order valence-corrected chi connectivity index (χ0v) is 15.2. The van der Waals surface area contributed by atoms with Gasteiger partial charge in [-0.2, -0.15) is 0 Å². The predicted molar refractivity (Wildman–Crippen MR) is 91.4 cm³/mol. The maximum absolute atomic E-state index is 12.2. The van der Waals surface area contributed by atoms with E-state index in [0.717, 1.165) is 38.0 Å². The highest BCUT2D eigenvalue weighted by atomic mass is 16.6. The molecule has 1 aliphatic heterocycles. The first-order valence-electron chi connectivity index (χ1n) is 9.88. The average Bonchev–Trinajstić information content (AvgIpc) is 3.22. The topological polar surface area (TPSA) is 49.8 Å². The molecule has 132 valence electrons. The molecule has 0 aromatic heterocycles. The van der Waals surface area contributed by atoms with Gasteiger partial charge in [-0.25, -0.2) is 0 Å². The Morgan fingerprint density at radius 3 is 2.79 bits per heavy atom. The fourth-order valence-electron chi connectivity index (χ4n) is 7.44. The summed E-state index contributed by atoms with van der Waals surface area (Å²) in [6.07, 6.45) is 10.0. The Hall–Kier alpha value is -0.670. The van der Waals surface area contributed by atoms with Crippen LogP contribution in [0.1, 0.15) is 65.7 Å². The first kappa shape index (κ1) is 15.6. The van der Waals surface area contributed by atoms with Crippen LogP contribution in [0.25, 0.3) is 0 Å². The number of aliphatic hydroxyl groups is 1. The standard InChI is InChI=1S/C21H30O3/c1-12(22)21-11-17-15-5-4-13-10-14(23)6-8-19(13,2)16(15)7-9-20(17,3)18(21)24-21/h4,14-18,23H,5-11H2,1-3H3/t14?,15?,16?,17?,18-,19?,20?,21-/m0/s1. The van der Waals surface area contributed by atoms with E-state index in [1.165, 1.54) is 18.4 Å². The molecule has 5 rings (SSSR count). The van der Waals surface area contributed by atoms with Gasteiger partial charge in [0.1, 0.15) is 6.10 Å². The van der Waals surface area contributed by atoms with E-state index in [-0.39, 0.29) is 28.8 Å². The van der Waals surface area contributed by atoms with Crippen LogP contribution in [0.15, 0.2) is 11.6 Å². The van der Waals surface area contributed by atoms with Gasteiger partial charge in [0, 0.05) is 5.41 Å². The van der Waals surface area contributed by atoms with E-state index in [2.05, 4.69) is 19.9 Å². The third-order valence-electron chi connectivity index (χ3n) is 8.93. The van der Waals surface area contributed by atoms with E-state index in [1.54, 1.807) is 6.92 Å². The van der Waals surface area contributed by atoms with Crippen LogP contribution in [0.2, 0.25) is 0 Å². The number of hydrogen-bond acceptors (Lipinski definition) is 3. The molecule has 8 atom stereocenters. The van der Waals surface area contributed by atoms with Crippen molar-refractivity contribution in [2.75, 3.05) is 0 Å². The first-order valence-corrected chi connectivity index (χ1v) is 9.88. The minimum absolute atomic E-state index is 0.136. The van der Waals surface area contributed by atoms with Gasteiger partial charge >= 0.3 is 0 Å². The van der Waals surface area contributed by atoms with Gasteiger partial charge < -0.3 is 9.84 Å². The lowest BCUT2D eigenvalue weighted by molar-refractivity contribution is -0.123. The number of epoxide rings is 1. The Kier molecular flexibility index (Phi) is 2.94. The van der Waals surface area contributed by atoms with Crippen molar-refractivity contribution in [2.45, 2.75) is 83.5 Å². The van der Waals surface area contributed by atoms with Crippen LogP contribution < -0.4 is 0 Å². The number of aliphatic hydroxyl groups excluding tert-OH is 1. The van der Waals surface area contributed by atoms with Crippen molar-refractivity contribution in [1.82, 2.24) is 0 Å². The summed E-state index contributed by atoms with van der Waals surface area (Å²) in [5.74, 6) is 2.30. The quantitative estimate of drug-likeness (QED) is 0.590. The lowest BCUT2D eigenvalue weighted by Crippen LogP contribution is -2.50. The molecule has 0 aromatic rings. The summed E-state index contributed by atoms with van der Waals surface area (Å²) in [4.78, 5) is 12.2. The van der Waals surface area contributed by atoms with Crippen molar-refractivity contribution in [1.29, 1.82) is 0 Å². The molecule has 3 nitrogen and oxygen atoms in total. The molecule has 3 saturated carbocycles. The molecule has 0 aromatic carbocycles. The van der Waals surface area contributed by atoms with E-state index in [0.29, 0.717) is 11.8 Å². The van der Waals surface area contributed by atoms with Crippen molar-refractivity contribution in [3.05, 3.63) is 11.6 Å². The molecule has 0 spiro atoms. The minimum atomic E-state index is -0.429. The molecule has 4 fully saturated rings. The zero-order chi connectivity index (χ0) is 16.9. The lowest BCUT2D eigenvalue weighted by atomic mass is 9.48. The van der Waals surface area contributed by atoms with Crippen LogP contribution in [0.4, 0.5) is 0 Å². The molecule has 0 bridgehead atoms. The Balaban J connectivity index is 1.50. The summed E-state index contributed by atoms with van der Waals surface area (Å²) in [5, 5.41) is 10.1. The summed E-state index contributed by atoms with van der Waals surface area (Å²) in [6, 6.07) is 0.